The molecule has 0 bridgehead atoms. The van der Waals surface area contributed by atoms with Crippen LogP contribution in [0.2, 0.25) is 0 Å². The summed E-state index contributed by atoms with van der Waals surface area (Å²) in [6.45, 7) is 35.0. The van der Waals surface area contributed by atoms with Gasteiger partial charge < -0.3 is 9.80 Å². The Bertz CT molecular complexity index is 2850. The van der Waals surface area contributed by atoms with Crippen LogP contribution in [0.5, 0.6) is 0 Å². The summed E-state index contributed by atoms with van der Waals surface area (Å²) in [5.74, 6) is 0. The van der Waals surface area contributed by atoms with Crippen LogP contribution < -0.4 is 25.5 Å². The van der Waals surface area contributed by atoms with Gasteiger partial charge in [0.05, 0.1) is 11.4 Å². The first-order chi connectivity index (χ1) is 29.0. The summed E-state index contributed by atoms with van der Waals surface area (Å²) in [7, 11) is 0. The molecule has 0 N–H and O–H groups in total. The van der Waals surface area contributed by atoms with Gasteiger partial charge in [-0.05, 0) is 190 Å². The molecule has 6 aliphatic rings. The molecule has 0 saturated heterocycles. The zero-order valence-electron chi connectivity index (χ0n) is 40.4. The molecule has 0 fully saturated rings. The molecule has 11 rings (SSSR count). The quantitative estimate of drug-likeness (QED) is 0.160. The fourth-order valence-corrected chi connectivity index (χ4v) is 14.8. The van der Waals surface area contributed by atoms with E-state index in [2.05, 4.69) is 185 Å². The Morgan fingerprint density at radius 3 is 1.71 bits per heavy atom. The molecule has 4 heteroatoms. The average Bonchev–Trinajstić information content (AvgIpc) is 3.58. The van der Waals surface area contributed by atoms with Gasteiger partial charge >= 0.3 is 0 Å². The predicted octanol–water partition coefficient (Wildman–Crippen LogP) is 14.5. The van der Waals surface area contributed by atoms with Crippen LogP contribution in [0.1, 0.15) is 179 Å². The highest BCUT2D eigenvalue weighted by Crippen LogP contribution is 2.56. The van der Waals surface area contributed by atoms with Gasteiger partial charge in [0.2, 0.25) is 0 Å². The summed E-state index contributed by atoms with van der Waals surface area (Å²) < 4.78 is 2.95. The van der Waals surface area contributed by atoms with Gasteiger partial charge in [0.15, 0.2) is 0 Å². The largest absolute Gasteiger partial charge is 0.311 e. The van der Waals surface area contributed by atoms with E-state index in [-0.39, 0.29) is 39.2 Å². The van der Waals surface area contributed by atoms with E-state index in [0.29, 0.717) is 0 Å². The number of anilines is 5. The number of aryl methyl sites for hydroxylation is 1. The van der Waals surface area contributed by atoms with Gasteiger partial charge in [-0.2, -0.15) is 0 Å². The number of thiophene rings is 1. The van der Waals surface area contributed by atoms with Crippen molar-refractivity contribution >= 4 is 72.3 Å². The van der Waals surface area contributed by atoms with Crippen LogP contribution in [0.4, 0.5) is 28.4 Å². The molecular weight excluding hydrogens is 768 g/mol. The highest BCUT2D eigenvalue weighted by molar-refractivity contribution is 7.33. The third-order valence-electron chi connectivity index (χ3n) is 17.5. The fraction of sp³-hybridized carbons (Fsp3) is 0.483. The second-order valence-corrected chi connectivity index (χ2v) is 25.6. The van der Waals surface area contributed by atoms with Gasteiger partial charge in [-0.25, -0.2) is 0 Å². The molecule has 4 aromatic carbocycles. The summed E-state index contributed by atoms with van der Waals surface area (Å²) in [5, 5.41) is 1.43. The predicted molar refractivity (Wildman–Crippen MR) is 272 cm³/mol. The van der Waals surface area contributed by atoms with Crippen molar-refractivity contribution in [2.45, 2.75) is 181 Å². The lowest BCUT2D eigenvalue weighted by Gasteiger charge is -2.48. The van der Waals surface area contributed by atoms with Crippen LogP contribution in [0.15, 0.2) is 72.5 Å². The lowest BCUT2D eigenvalue weighted by molar-refractivity contribution is 0.330. The first-order valence-corrected chi connectivity index (χ1v) is 24.9. The standard InChI is InChI=1S/C58H69BN2S/c1-34-29-42-48(58(13,14)28-27-57(42,11)12)35(2)50(34)61-45-22-18-21-44-49(45)59(43-31-39-40(32-46(43)61)55(7,8)25-24-54(39,5)6)52-51(60(44)36-19-16-15-17-20-36)37-30-38-41(33-47(37)62-52)56(9,10)26-23-53(38,3)4/h16,18-22,29-33H,15,17,23-28H2,1-14H3. The van der Waals surface area contributed by atoms with Crippen molar-refractivity contribution in [2.24, 2.45) is 0 Å². The van der Waals surface area contributed by atoms with Crippen molar-refractivity contribution in [3.05, 3.63) is 117 Å². The smallest absolute Gasteiger partial charge is 0.264 e. The van der Waals surface area contributed by atoms with Crippen molar-refractivity contribution in [1.29, 1.82) is 0 Å². The molecule has 1 aromatic heterocycles. The van der Waals surface area contributed by atoms with Gasteiger partial charge in [-0.15, -0.1) is 11.3 Å². The molecular formula is C58H69BN2S. The van der Waals surface area contributed by atoms with Crippen molar-refractivity contribution < 1.29 is 0 Å². The summed E-state index contributed by atoms with van der Waals surface area (Å²) in [6, 6.07) is 20.6. The molecule has 5 aromatic rings. The number of rotatable bonds is 2. The molecule has 2 nitrogen and oxygen atoms in total. The minimum atomic E-state index is 0.0875. The molecule has 0 saturated carbocycles. The maximum absolute atomic E-state index is 2.77. The van der Waals surface area contributed by atoms with Gasteiger partial charge in [0.1, 0.15) is 0 Å². The molecule has 3 heterocycles. The summed E-state index contributed by atoms with van der Waals surface area (Å²) in [5.41, 5.74) is 24.0. The van der Waals surface area contributed by atoms with Crippen LogP contribution in [0, 0.1) is 13.8 Å². The van der Waals surface area contributed by atoms with Crippen LogP contribution in [-0.4, -0.2) is 6.71 Å². The second-order valence-electron chi connectivity index (χ2n) is 24.5. The third kappa shape index (κ3) is 5.53. The van der Waals surface area contributed by atoms with Crippen molar-refractivity contribution in [3.63, 3.8) is 0 Å². The zero-order chi connectivity index (χ0) is 43.8. The zero-order valence-corrected chi connectivity index (χ0v) is 41.2. The van der Waals surface area contributed by atoms with Crippen molar-refractivity contribution in [2.75, 3.05) is 9.80 Å². The van der Waals surface area contributed by atoms with Crippen molar-refractivity contribution in [3.8, 4) is 0 Å². The Morgan fingerprint density at radius 2 is 1.10 bits per heavy atom. The van der Waals surface area contributed by atoms with Crippen LogP contribution in [0.25, 0.3) is 10.1 Å². The number of allylic oxidation sites excluding steroid dienone is 3. The van der Waals surface area contributed by atoms with E-state index in [4.69, 9.17) is 0 Å². The van der Waals surface area contributed by atoms with Gasteiger partial charge in [0.25, 0.3) is 6.71 Å². The van der Waals surface area contributed by atoms with Crippen LogP contribution >= 0.6 is 11.3 Å². The van der Waals surface area contributed by atoms with E-state index < -0.39 is 0 Å². The monoisotopic (exact) mass is 837 g/mol. The number of benzene rings is 4. The Hall–Kier alpha value is -4.02. The Balaban J connectivity index is 1.28. The normalized spacial score (nSPS) is 22.5. The van der Waals surface area contributed by atoms with E-state index in [1.165, 1.54) is 115 Å². The van der Waals surface area contributed by atoms with Gasteiger partial charge in [-0.1, -0.05) is 113 Å². The summed E-state index contributed by atoms with van der Waals surface area (Å²) in [4.78, 5) is 5.48. The summed E-state index contributed by atoms with van der Waals surface area (Å²) in [6.07, 6.45) is 16.8. The number of nitrogens with zero attached hydrogens (tertiary/aromatic N) is 2. The Labute approximate surface area is 378 Å². The molecule has 0 atom stereocenters. The number of fused-ring (bicyclic) bond motifs is 9. The maximum Gasteiger partial charge on any atom is 0.264 e. The van der Waals surface area contributed by atoms with Gasteiger partial charge in [-0.3, -0.25) is 0 Å². The third-order valence-corrected chi connectivity index (χ3v) is 18.7. The van der Waals surface area contributed by atoms with Crippen LogP contribution in [-0.2, 0) is 32.5 Å². The average molecular weight is 837 g/mol. The molecule has 0 amide bonds. The molecule has 4 aliphatic carbocycles. The second kappa shape index (κ2) is 12.8. The molecule has 0 spiro atoms. The fourth-order valence-electron chi connectivity index (χ4n) is 13.4. The molecule has 0 unspecified atom stereocenters. The Kier molecular flexibility index (Phi) is 8.43. The first-order valence-electron chi connectivity index (χ1n) is 24.1. The molecule has 62 heavy (non-hydrogen) atoms. The molecule has 320 valence electrons. The molecule has 2 aliphatic heterocycles. The topological polar surface area (TPSA) is 6.48 Å². The number of hydrogen-bond acceptors (Lipinski definition) is 3. The minimum Gasteiger partial charge on any atom is -0.311 e. The minimum absolute atomic E-state index is 0.0875. The van der Waals surface area contributed by atoms with E-state index in [0.717, 1.165) is 12.8 Å². The SMILES string of the molecule is Cc1cc2c(c(C)c1N1c3cc4c(cc3B3c5sc6cc7c(cc6c5N(C5=CCCC=C5)c5cccc1c53)C(C)(C)CCC7(C)C)C(C)(C)CCC4(C)C)C(C)(C)CCC2(C)C. The van der Waals surface area contributed by atoms with E-state index in [1.54, 1.807) is 27.8 Å². The van der Waals surface area contributed by atoms with Gasteiger partial charge in [0, 0.05) is 37.6 Å². The Morgan fingerprint density at radius 1 is 0.548 bits per heavy atom. The highest BCUT2D eigenvalue weighted by Gasteiger charge is 2.49. The van der Waals surface area contributed by atoms with E-state index >= 15 is 0 Å². The lowest BCUT2D eigenvalue weighted by Crippen LogP contribution is -2.61. The van der Waals surface area contributed by atoms with Crippen molar-refractivity contribution in [1.82, 2.24) is 0 Å². The first kappa shape index (κ1) is 40.7. The number of hydrogen-bond donors (Lipinski definition) is 0. The lowest BCUT2D eigenvalue weighted by atomic mass is 9.35. The van der Waals surface area contributed by atoms with E-state index in [1.807, 2.05) is 0 Å². The maximum atomic E-state index is 2.77. The summed E-state index contributed by atoms with van der Waals surface area (Å²) >= 11 is 2.09. The highest BCUT2D eigenvalue weighted by atomic mass is 32.1. The molecule has 0 radical (unpaired) electrons. The van der Waals surface area contributed by atoms with Crippen LogP contribution in [0.3, 0.4) is 0 Å². The van der Waals surface area contributed by atoms with E-state index in [9.17, 15) is 0 Å².